The van der Waals surface area contributed by atoms with Crippen LogP contribution < -0.4 is 16.4 Å². The molecule has 6 nitrogen and oxygen atoms in total. The van der Waals surface area contributed by atoms with E-state index in [1.165, 1.54) is 11.3 Å². The number of aromatic nitrogens is 1. The smallest absolute Gasteiger partial charge is 0.253 e. The number of nitrogens with two attached hydrogens (primary N) is 2. The minimum atomic E-state index is -0.625. The molecule has 2 aromatic heterocycles. The van der Waals surface area contributed by atoms with Crippen LogP contribution in [-0.2, 0) is 6.54 Å². The van der Waals surface area contributed by atoms with E-state index in [0.717, 1.165) is 5.69 Å². The van der Waals surface area contributed by atoms with Gasteiger partial charge in [-0.1, -0.05) is 6.07 Å². The monoisotopic (exact) mass is 301 g/mol. The Morgan fingerprint density at radius 2 is 2.29 bits per heavy atom. The second-order valence-corrected chi connectivity index (χ2v) is 5.34. The van der Waals surface area contributed by atoms with E-state index in [-0.39, 0.29) is 11.3 Å². The lowest BCUT2D eigenvalue weighted by atomic mass is 10.2. The predicted octanol–water partition coefficient (Wildman–Crippen LogP) is 1.72. The number of carbonyl (C=O) groups excluding carboxylic acids is 1. The number of hydrogen-bond donors (Lipinski definition) is 2. The van der Waals surface area contributed by atoms with E-state index < -0.39 is 5.91 Å². The Labute approximate surface area is 126 Å². The van der Waals surface area contributed by atoms with Crippen molar-refractivity contribution in [2.24, 2.45) is 5.73 Å². The van der Waals surface area contributed by atoms with E-state index >= 15 is 0 Å². The number of rotatable bonds is 5. The number of nitrogen functional groups attached to an aromatic ring is 1. The van der Waals surface area contributed by atoms with Gasteiger partial charge in [-0.25, -0.2) is 0 Å². The van der Waals surface area contributed by atoms with Gasteiger partial charge in [0.05, 0.1) is 23.5 Å². The summed E-state index contributed by atoms with van der Waals surface area (Å²) in [6, 6.07) is 7.63. The van der Waals surface area contributed by atoms with Crippen LogP contribution in [0.1, 0.15) is 27.9 Å². The Bertz CT molecular complexity index is 689. The van der Waals surface area contributed by atoms with E-state index in [0.29, 0.717) is 23.0 Å². The number of carbonyl (C=O) groups is 1. The number of thiophene rings is 1. The highest BCUT2D eigenvalue weighted by atomic mass is 32.1. The average molecular weight is 301 g/mol. The lowest BCUT2D eigenvalue weighted by Gasteiger charge is -2.21. The van der Waals surface area contributed by atoms with E-state index in [1.54, 1.807) is 6.20 Å². The molecule has 0 radical (unpaired) electrons. The molecule has 0 aromatic carbocycles. The Kier molecular flexibility index (Phi) is 4.40. The second kappa shape index (κ2) is 6.24. The topological polar surface area (TPSA) is 109 Å². The molecular weight excluding hydrogens is 286 g/mol. The first-order chi connectivity index (χ1) is 10.1. The molecule has 0 aliphatic carbocycles. The summed E-state index contributed by atoms with van der Waals surface area (Å²) >= 11 is 1.18. The highest BCUT2D eigenvalue weighted by Crippen LogP contribution is 2.38. The Morgan fingerprint density at radius 1 is 1.52 bits per heavy atom. The number of nitriles is 1. The highest BCUT2D eigenvalue weighted by molar-refractivity contribution is 7.17. The van der Waals surface area contributed by atoms with Gasteiger partial charge in [0.25, 0.3) is 5.91 Å². The van der Waals surface area contributed by atoms with Gasteiger partial charge in [-0.2, -0.15) is 5.26 Å². The zero-order valence-electron chi connectivity index (χ0n) is 11.5. The minimum absolute atomic E-state index is 0.157. The minimum Gasteiger partial charge on any atom is -0.396 e. The maximum Gasteiger partial charge on any atom is 0.253 e. The summed E-state index contributed by atoms with van der Waals surface area (Å²) in [6.07, 6.45) is 1.71. The van der Waals surface area contributed by atoms with Gasteiger partial charge in [-0.15, -0.1) is 11.3 Å². The highest BCUT2D eigenvalue weighted by Gasteiger charge is 2.23. The van der Waals surface area contributed by atoms with Crippen molar-refractivity contribution in [1.82, 2.24) is 4.98 Å². The molecule has 108 valence electrons. The van der Waals surface area contributed by atoms with Gasteiger partial charge in [-0.05, 0) is 19.1 Å². The molecule has 2 rings (SSSR count). The van der Waals surface area contributed by atoms with Crippen LogP contribution >= 0.6 is 11.3 Å². The lowest BCUT2D eigenvalue weighted by Crippen LogP contribution is -2.25. The van der Waals surface area contributed by atoms with Gasteiger partial charge in [0.1, 0.15) is 15.9 Å². The number of primary amides is 1. The standard InChI is InChI=1S/C14H15N5OS/c1-2-19(8-9-5-3-4-6-18-9)14-11(13(17)20)12(16)10(7-15)21-14/h3-6H,2,8,16H2,1H3,(H2,17,20). The Balaban J connectivity index is 2.43. The van der Waals surface area contributed by atoms with Crippen LogP contribution in [0.5, 0.6) is 0 Å². The largest absolute Gasteiger partial charge is 0.396 e. The van der Waals surface area contributed by atoms with E-state index in [2.05, 4.69) is 4.98 Å². The molecule has 0 fully saturated rings. The van der Waals surface area contributed by atoms with Crippen LogP contribution in [0, 0.1) is 11.3 Å². The third-order valence-corrected chi connectivity index (χ3v) is 4.19. The SMILES string of the molecule is CCN(Cc1ccccn1)c1sc(C#N)c(N)c1C(N)=O. The summed E-state index contributed by atoms with van der Waals surface area (Å²) in [6.45, 7) is 3.11. The van der Waals surface area contributed by atoms with Crippen molar-refractivity contribution >= 4 is 27.9 Å². The normalized spacial score (nSPS) is 10.1. The Morgan fingerprint density at radius 3 is 2.81 bits per heavy atom. The molecule has 2 heterocycles. The van der Waals surface area contributed by atoms with Crippen LogP contribution in [0.2, 0.25) is 0 Å². The molecule has 0 bridgehead atoms. The Hall–Kier alpha value is -2.59. The summed E-state index contributed by atoms with van der Waals surface area (Å²) in [5, 5.41) is 9.70. The van der Waals surface area contributed by atoms with Gasteiger partial charge in [0.2, 0.25) is 0 Å². The number of pyridine rings is 1. The molecule has 4 N–H and O–H groups in total. The first-order valence-corrected chi connectivity index (χ1v) is 7.17. The summed E-state index contributed by atoms with van der Waals surface area (Å²) < 4.78 is 0. The van der Waals surface area contributed by atoms with Crippen molar-refractivity contribution in [3.63, 3.8) is 0 Å². The fourth-order valence-corrected chi connectivity index (χ4v) is 3.08. The predicted molar refractivity (Wildman–Crippen MR) is 82.9 cm³/mol. The molecule has 0 unspecified atom stereocenters. The molecule has 0 atom stereocenters. The zero-order chi connectivity index (χ0) is 15.4. The van der Waals surface area contributed by atoms with Crippen LogP contribution in [0.3, 0.4) is 0 Å². The van der Waals surface area contributed by atoms with Crippen molar-refractivity contribution in [2.45, 2.75) is 13.5 Å². The fraction of sp³-hybridized carbons (Fsp3) is 0.214. The van der Waals surface area contributed by atoms with Crippen molar-refractivity contribution < 1.29 is 4.79 Å². The molecule has 0 spiro atoms. The first kappa shape index (κ1) is 14.8. The van der Waals surface area contributed by atoms with E-state index in [9.17, 15) is 4.79 Å². The first-order valence-electron chi connectivity index (χ1n) is 6.35. The van der Waals surface area contributed by atoms with Gasteiger partial charge in [0.15, 0.2) is 0 Å². The van der Waals surface area contributed by atoms with Crippen molar-refractivity contribution in [3.8, 4) is 6.07 Å². The molecule has 21 heavy (non-hydrogen) atoms. The molecule has 0 saturated heterocycles. The van der Waals surface area contributed by atoms with Gasteiger partial charge < -0.3 is 16.4 Å². The molecule has 1 amide bonds. The lowest BCUT2D eigenvalue weighted by molar-refractivity contribution is 0.100. The molecule has 0 saturated carbocycles. The zero-order valence-corrected chi connectivity index (χ0v) is 12.4. The number of hydrogen-bond acceptors (Lipinski definition) is 6. The third-order valence-electron chi connectivity index (χ3n) is 3.02. The molecular formula is C14H15N5OS. The van der Waals surface area contributed by atoms with Crippen LogP contribution in [0.25, 0.3) is 0 Å². The maximum absolute atomic E-state index is 11.6. The van der Waals surface area contributed by atoms with Gasteiger partial charge in [0, 0.05) is 12.7 Å². The van der Waals surface area contributed by atoms with Crippen molar-refractivity contribution in [3.05, 3.63) is 40.5 Å². The summed E-state index contributed by atoms with van der Waals surface area (Å²) in [5.41, 5.74) is 12.5. The average Bonchev–Trinajstić information content (AvgIpc) is 2.82. The van der Waals surface area contributed by atoms with E-state index in [1.807, 2.05) is 36.1 Å². The van der Waals surface area contributed by atoms with E-state index in [4.69, 9.17) is 16.7 Å². The number of anilines is 2. The van der Waals surface area contributed by atoms with Gasteiger partial charge in [-0.3, -0.25) is 9.78 Å². The summed E-state index contributed by atoms with van der Waals surface area (Å²) in [5.74, 6) is -0.625. The molecule has 0 aliphatic heterocycles. The summed E-state index contributed by atoms with van der Waals surface area (Å²) in [7, 11) is 0. The van der Waals surface area contributed by atoms with Gasteiger partial charge >= 0.3 is 0 Å². The molecule has 2 aromatic rings. The fourth-order valence-electron chi connectivity index (χ4n) is 1.99. The molecule has 0 aliphatic rings. The van der Waals surface area contributed by atoms with Crippen molar-refractivity contribution in [1.29, 1.82) is 5.26 Å². The maximum atomic E-state index is 11.6. The quantitative estimate of drug-likeness (QED) is 0.874. The molecule has 7 heteroatoms. The second-order valence-electron chi connectivity index (χ2n) is 4.34. The van der Waals surface area contributed by atoms with Crippen LogP contribution in [0.4, 0.5) is 10.7 Å². The van der Waals surface area contributed by atoms with Crippen LogP contribution in [-0.4, -0.2) is 17.4 Å². The van der Waals surface area contributed by atoms with Crippen molar-refractivity contribution in [2.75, 3.05) is 17.2 Å². The number of amides is 1. The van der Waals surface area contributed by atoms with Crippen LogP contribution in [0.15, 0.2) is 24.4 Å². The number of nitrogens with zero attached hydrogens (tertiary/aromatic N) is 3. The summed E-state index contributed by atoms with van der Waals surface area (Å²) in [4.78, 5) is 18.1. The third kappa shape index (κ3) is 2.95.